The number of nitrogen functional groups attached to an aromatic ring is 1. The Morgan fingerprint density at radius 3 is 2.85 bits per heavy atom. The summed E-state index contributed by atoms with van der Waals surface area (Å²) >= 11 is 0. The molecule has 1 aliphatic heterocycles. The molecule has 33 heavy (non-hydrogen) atoms. The van der Waals surface area contributed by atoms with Gasteiger partial charge in [-0.3, -0.25) is 10.1 Å². The van der Waals surface area contributed by atoms with E-state index >= 15 is 0 Å². The van der Waals surface area contributed by atoms with E-state index < -0.39 is 0 Å². The molecule has 0 aromatic carbocycles. The Kier molecular flexibility index (Phi) is 4.54. The van der Waals surface area contributed by atoms with Gasteiger partial charge < -0.3 is 15.4 Å². The van der Waals surface area contributed by atoms with Crippen LogP contribution in [-0.4, -0.2) is 65.5 Å². The molecule has 0 spiro atoms. The van der Waals surface area contributed by atoms with Crippen LogP contribution in [0.2, 0.25) is 0 Å². The summed E-state index contributed by atoms with van der Waals surface area (Å²) in [6.45, 7) is 4.19. The van der Waals surface area contributed by atoms with E-state index in [2.05, 4.69) is 43.3 Å². The standard InChI is InChI=1S/C22H22N10O/c1-14-13-33-9-8-30(14)19-10-17(15-11-26-31(12-15)16-2-5-24-6-3-16)20-21(23)29-32(22(20)27-19)18-4-7-25-28-18/h2-7,10-12,14H,8-9,13H2,1H3,(H2,23,29)(H,25,28). The van der Waals surface area contributed by atoms with Gasteiger partial charge in [0, 0.05) is 42.3 Å². The summed E-state index contributed by atoms with van der Waals surface area (Å²) < 4.78 is 9.15. The molecule has 0 saturated carbocycles. The summed E-state index contributed by atoms with van der Waals surface area (Å²) in [5.74, 6) is 1.92. The molecule has 11 heteroatoms. The zero-order valence-corrected chi connectivity index (χ0v) is 18.0. The van der Waals surface area contributed by atoms with Crippen molar-refractivity contribution in [3.63, 3.8) is 0 Å². The first kappa shape index (κ1) is 19.4. The van der Waals surface area contributed by atoms with Crippen LogP contribution in [0.3, 0.4) is 0 Å². The van der Waals surface area contributed by atoms with E-state index in [1.165, 1.54) is 0 Å². The summed E-state index contributed by atoms with van der Waals surface area (Å²) in [5, 5.41) is 16.9. The van der Waals surface area contributed by atoms with E-state index in [1.54, 1.807) is 23.3 Å². The maximum Gasteiger partial charge on any atom is 0.169 e. The monoisotopic (exact) mass is 442 g/mol. The van der Waals surface area contributed by atoms with Gasteiger partial charge >= 0.3 is 0 Å². The first-order chi connectivity index (χ1) is 16.2. The number of aromatic nitrogens is 8. The number of hydrogen-bond acceptors (Lipinski definition) is 8. The highest BCUT2D eigenvalue weighted by Gasteiger charge is 2.25. The third kappa shape index (κ3) is 3.29. The third-order valence-corrected chi connectivity index (χ3v) is 5.85. The van der Waals surface area contributed by atoms with Gasteiger partial charge in [-0.05, 0) is 25.1 Å². The van der Waals surface area contributed by atoms with E-state index in [0.29, 0.717) is 30.5 Å². The smallest absolute Gasteiger partial charge is 0.169 e. The minimum Gasteiger partial charge on any atom is -0.382 e. The largest absolute Gasteiger partial charge is 0.382 e. The molecule has 3 N–H and O–H groups in total. The molecule has 0 aliphatic carbocycles. The van der Waals surface area contributed by atoms with Crippen LogP contribution in [-0.2, 0) is 4.74 Å². The highest BCUT2D eigenvalue weighted by molar-refractivity contribution is 6.01. The van der Waals surface area contributed by atoms with Crippen molar-refractivity contribution in [3.05, 3.63) is 55.2 Å². The molecule has 6 heterocycles. The van der Waals surface area contributed by atoms with E-state index in [-0.39, 0.29) is 6.04 Å². The van der Waals surface area contributed by atoms with Gasteiger partial charge in [0.05, 0.1) is 42.7 Å². The van der Waals surface area contributed by atoms with Crippen LogP contribution in [0.4, 0.5) is 11.6 Å². The molecule has 6 rings (SSSR count). The number of hydrogen-bond donors (Lipinski definition) is 2. The molecule has 0 bridgehead atoms. The number of ether oxygens (including phenoxy) is 1. The SMILES string of the molecule is CC1COCCN1c1cc(-c2cnn(-c3ccncc3)c2)c2c(N)nn(-c3ccn[nH]3)c2n1. The molecule has 1 atom stereocenters. The quantitative estimate of drug-likeness (QED) is 0.433. The number of nitrogens with one attached hydrogen (secondary N) is 1. The molecule has 1 saturated heterocycles. The van der Waals surface area contributed by atoms with Crippen molar-refractivity contribution in [2.45, 2.75) is 13.0 Å². The lowest BCUT2D eigenvalue weighted by atomic mass is 10.1. The number of morpholine rings is 1. The summed E-state index contributed by atoms with van der Waals surface area (Å²) in [6.07, 6.45) is 8.96. The van der Waals surface area contributed by atoms with Gasteiger partial charge in [0.1, 0.15) is 5.82 Å². The summed E-state index contributed by atoms with van der Waals surface area (Å²) in [6, 6.07) is 7.90. The van der Waals surface area contributed by atoms with Crippen molar-refractivity contribution >= 4 is 22.7 Å². The summed E-state index contributed by atoms with van der Waals surface area (Å²) in [7, 11) is 0. The lowest BCUT2D eigenvalue weighted by Gasteiger charge is -2.34. The summed E-state index contributed by atoms with van der Waals surface area (Å²) in [5.41, 5.74) is 9.82. The van der Waals surface area contributed by atoms with Crippen LogP contribution in [0.25, 0.3) is 33.7 Å². The average Bonchev–Trinajstić information content (AvgIpc) is 3.60. The fraction of sp³-hybridized carbons (Fsp3) is 0.227. The third-order valence-electron chi connectivity index (χ3n) is 5.85. The second-order valence-electron chi connectivity index (χ2n) is 7.96. The number of pyridine rings is 2. The van der Waals surface area contributed by atoms with Gasteiger partial charge in [0.2, 0.25) is 0 Å². The van der Waals surface area contributed by atoms with Gasteiger partial charge in [0.15, 0.2) is 17.3 Å². The molecule has 1 unspecified atom stereocenters. The van der Waals surface area contributed by atoms with Crippen molar-refractivity contribution in [1.82, 2.24) is 39.7 Å². The van der Waals surface area contributed by atoms with Crippen molar-refractivity contribution in [1.29, 1.82) is 0 Å². The second-order valence-corrected chi connectivity index (χ2v) is 7.96. The molecule has 11 nitrogen and oxygen atoms in total. The molecular weight excluding hydrogens is 420 g/mol. The predicted octanol–water partition coefficient (Wildman–Crippen LogP) is 2.20. The first-order valence-electron chi connectivity index (χ1n) is 10.7. The molecule has 0 amide bonds. The normalized spacial score (nSPS) is 16.5. The van der Waals surface area contributed by atoms with Crippen LogP contribution >= 0.6 is 0 Å². The zero-order chi connectivity index (χ0) is 22.4. The van der Waals surface area contributed by atoms with Gasteiger partial charge in [0.25, 0.3) is 0 Å². The number of nitrogens with zero attached hydrogens (tertiary/aromatic N) is 8. The Balaban J connectivity index is 1.57. The van der Waals surface area contributed by atoms with E-state index in [0.717, 1.165) is 34.6 Å². The average molecular weight is 442 g/mol. The lowest BCUT2D eigenvalue weighted by Crippen LogP contribution is -2.44. The Morgan fingerprint density at radius 2 is 2.06 bits per heavy atom. The van der Waals surface area contributed by atoms with Gasteiger partial charge in [-0.2, -0.15) is 14.9 Å². The van der Waals surface area contributed by atoms with Crippen molar-refractivity contribution in [2.24, 2.45) is 0 Å². The molecular formula is C22H22N10O. The molecule has 5 aromatic heterocycles. The van der Waals surface area contributed by atoms with Crippen molar-refractivity contribution in [3.8, 4) is 22.6 Å². The topological polar surface area (TPSA) is 129 Å². The number of H-pyrrole nitrogens is 1. The highest BCUT2D eigenvalue weighted by atomic mass is 16.5. The second kappa shape index (κ2) is 7.71. The summed E-state index contributed by atoms with van der Waals surface area (Å²) in [4.78, 5) is 11.3. The Hall–Kier alpha value is -4.25. The molecule has 5 aromatic rings. The fourth-order valence-electron chi connectivity index (χ4n) is 4.21. The lowest BCUT2D eigenvalue weighted by molar-refractivity contribution is 0.0986. The molecule has 166 valence electrons. The van der Waals surface area contributed by atoms with Gasteiger partial charge in [-0.25, -0.2) is 9.67 Å². The predicted molar refractivity (Wildman–Crippen MR) is 123 cm³/mol. The molecule has 1 aliphatic rings. The molecule has 0 radical (unpaired) electrons. The van der Waals surface area contributed by atoms with Crippen molar-refractivity contribution in [2.75, 3.05) is 30.4 Å². The van der Waals surface area contributed by atoms with E-state index in [4.69, 9.17) is 15.5 Å². The number of rotatable bonds is 4. The number of anilines is 2. The Bertz CT molecular complexity index is 1410. The molecule has 1 fully saturated rings. The zero-order valence-electron chi connectivity index (χ0n) is 18.0. The fourth-order valence-corrected chi connectivity index (χ4v) is 4.21. The van der Waals surface area contributed by atoms with E-state index in [9.17, 15) is 0 Å². The van der Waals surface area contributed by atoms with E-state index in [1.807, 2.05) is 35.3 Å². The van der Waals surface area contributed by atoms with Crippen LogP contribution in [0, 0.1) is 0 Å². The number of fused-ring (bicyclic) bond motifs is 1. The van der Waals surface area contributed by atoms with Crippen LogP contribution in [0.15, 0.2) is 55.2 Å². The van der Waals surface area contributed by atoms with Crippen molar-refractivity contribution < 1.29 is 4.74 Å². The van der Waals surface area contributed by atoms with Crippen LogP contribution in [0.1, 0.15) is 6.92 Å². The van der Waals surface area contributed by atoms with Crippen LogP contribution in [0.5, 0.6) is 0 Å². The number of nitrogens with two attached hydrogens (primary N) is 1. The van der Waals surface area contributed by atoms with Crippen LogP contribution < -0.4 is 10.6 Å². The Morgan fingerprint density at radius 1 is 1.18 bits per heavy atom. The first-order valence-corrected chi connectivity index (χ1v) is 10.7. The van der Waals surface area contributed by atoms with Gasteiger partial charge in [-0.15, -0.1) is 5.10 Å². The minimum absolute atomic E-state index is 0.192. The Labute approximate surface area is 188 Å². The number of aromatic amines is 1. The minimum atomic E-state index is 0.192. The highest BCUT2D eigenvalue weighted by Crippen LogP contribution is 2.36. The maximum atomic E-state index is 6.42. The van der Waals surface area contributed by atoms with Gasteiger partial charge in [-0.1, -0.05) is 0 Å². The maximum absolute atomic E-state index is 6.42.